The molecule has 1 aliphatic carbocycles. The fraction of sp³-hybridized carbons (Fsp3) is 0.688. The van der Waals surface area contributed by atoms with E-state index >= 15 is 0 Å². The standard InChI is InChI=1S/C16H25N3O2/c1-3-21-15(20)14-11-18-16(19-12(14)2)17-10-6-9-13-7-4-5-8-13/h11,13H,3-10H2,1-2H3,(H,17,18,19). The molecule has 1 N–H and O–H groups in total. The Bertz CT molecular complexity index is 471. The zero-order chi connectivity index (χ0) is 15.1. The van der Waals surface area contributed by atoms with Crippen LogP contribution in [0.25, 0.3) is 0 Å². The molecule has 1 saturated carbocycles. The van der Waals surface area contributed by atoms with E-state index in [9.17, 15) is 4.79 Å². The minimum atomic E-state index is -0.359. The Kier molecular flexibility index (Phi) is 5.96. The first-order chi connectivity index (χ1) is 10.2. The molecular weight excluding hydrogens is 266 g/mol. The maximum Gasteiger partial charge on any atom is 0.341 e. The number of aromatic nitrogens is 2. The summed E-state index contributed by atoms with van der Waals surface area (Å²) in [5.74, 6) is 1.15. The Labute approximate surface area is 126 Å². The smallest absolute Gasteiger partial charge is 0.341 e. The zero-order valence-electron chi connectivity index (χ0n) is 13.0. The molecule has 5 nitrogen and oxygen atoms in total. The van der Waals surface area contributed by atoms with Gasteiger partial charge in [-0.3, -0.25) is 0 Å². The molecule has 5 heteroatoms. The Balaban J connectivity index is 1.78. The Morgan fingerprint density at radius 2 is 2.19 bits per heavy atom. The molecule has 2 rings (SSSR count). The predicted molar refractivity (Wildman–Crippen MR) is 82.4 cm³/mol. The summed E-state index contributed by atoms with van der Waals surface area (Å²) in [6.07, 6.45) is 9.55. The minimum absolute atomic E-state index is 0.359. The molecule has 1 fully saturated rings. The molecule has 0 saturated heterocycles. The van der Waals surface area contributed by atoms with E-state index in [1.54, 1.807) is 20.0 Å². The number of hydrogen-bond acceptors (Lipinski definition) is 5. The van der Waals surface area contributed by atoms with Crippen LogP contribution in [-0.2, 0) is 4.74 Å². The van der Waals surface area contributed by atoms with Crippen molar-refractivity contribution in [2.24, 2.45) is 5.92 Å². The topological polar surface area (TPSA) is 64.1 Å². The number of nitrogens with zero attached hydrogens (tertiary/aromatic N) is 2. The molecule has 0 amide bonds. The molecule has 0 atom stereocenters. The third-order valence-corrected chi connectivity index (χ3v) is 4.02. The summed E-state index contributed by atoms with van der Waals surface area (Å²) in [5.41, 5.74) is 1.09. The van der Waals surface area contributed by atoms with Crippen molar-refractivity contribution in [1.82, 2.24) is 9.97 Å². The molecule has 0 radical (unpaired) electrons. The lowest BCUT2D eigenvalue weighted by Gasteiger charge is -2.10. The lowest BCUT2D eigenvalue weighted by Crippen LogP contribution is -2.12. The molecule has 1 aromatic heterocycles. The van der Waals surface area contributed by atoms with Gasteiger partial charge in [0.15, 0.2) is 0 Å². The van der Waals surface area contributed by atoms with E-state index in [1.165, 1.54) is 32.1 Å². The van der Waals surface area contributed by atoms with Gasteiger partial charge >= 0.3 is 5.97 Å². The fourth-order valence-electron chi connectivity index (χ4n) is 2.85. The van der Waals surface area contributed by atoms with Gasteiger partial charge in [-0.15, -0.1) is 0 Å². The average Bonchev–Trinajstić information content (AvgIpc) is 2.97. The molecule has 116 valence electrons. The van der Waals surface area contributed by atoms with E-state index in [1.807, 2.05) is 0 Å². The highest BCUT2D eigenvalue weighted by molar-refractivity contribution is 5.90. The van der Waals surface area contributed by atoms with Crippen molar-refractivity contribution >= 4 is 11.9 Å². The molecule has 1 heterocycles. The molecule has 1 aromatic rings. The molecule has 21 heavy (non-hydrogen) atoms. The Morgan fingerprint density at radius 3 is 2.86 bits per heavy atom. The van der Waals surface area contributed by atoms with Gasteiger partial charge < -0.3 is 10.1 Å². The van der Waals surface area contributed by atoms with Gasteiger partial charge in [0.2, 0.25) is 5.95 Å². The summed E-state index contributed by atoms with van der Waals surface area (Å²) in [4.78, 5) is 20.2. The number of carbonyl (C=O) groups is 1. The van der Waals surface area contributed by atoms with Crippen LogP contribution >= 0.6 is 0 Å². The van der Waals surface area contributed by atoms with E-state index in [0.29, 0.717) is 23.8 Å². The molecule has 1 aliphatic rings. The molecule has 0 aromatic carbocycles. The lowest BCUT2D eigenvalue weighted by atomic mass is 10.0. The van der Waals surface area contributed by atoms with Crippen LogP contribution in [0, 0.1) is 12.8 Å². The average molecular weight is 291 g/mol. The van der Waals surface area contributed by atoms with Crippen LogP contribution in [-0.4, -0.2) is 29.1 Å². The summed E-state index contributed by atoms with van der Waals surface area (Å²) < 4.78 is 4.96. The van der Waals surface area contributed by atoms with Crippen LogP contribution in [0.4, 0.5) is 5.95 Å². The second-order valence-corrected chi connectivity index (χ2v) is 5.63. The van der Waals surface area contributed by atoms with E-state index in [4.69, 9.17) is 4.74 Å². The van der Waals surface area contributed by atoms with Crippen LogP contribution < -0.4 is 5.32 Å². The van der Waals surface area contributed by atoms with Gasteiger partial charge in [0.05, 0.1) is 17.9 Å². The number of hydrogen-bond donors (Lipinski definition) is 1. The molecular formula is C16H25N3O2. The highest BCUT2D eigenvalue weighted by Crippen LogP contribution is 2.28. The van der Waals surface area contributed by atoms with Crippen molar-refractivity contribution in [3.05, 3.63) is 17.5 Å². The van der Waals surface area contributed by atoms with Gasteiger partial charge in [-0.05, 0) is 32.6 Å². The predicted octanol–water partition coefficient (Wildman–Crippen LogP) is 3.34. The summed E-state index contributed by atoms with van der Waals surface area (Å²) in [5, 5.41) is 3.23. The Hall–Kier alpha value is -1.65. The van der Waals surface area contributed by atoms with Crippen molar-refractivity contribution in [2.45, 2.75) is 52.4 Å². The summed E-state index contributed by atoms with van der Waals surface area (Å²) >= 11 is 0. The van der Waals surface area contributed by atoms with Crippen molar-refractivity contribution in [3.63, 3.8) is 0 Å². The van der Waals surface area contributed by atoms with E-state index < -0.39 is 0 Å². The first-order valence-electron chi connectivity index (χ1n) is 7.95. The quantitative estimate of drug-likeness (QED) is 0.616. The second kappa shape index (κ2) is 7.96. The third-order valence-electron chi connectivity index (χ3n) is 4.02. The molecule has 0 bridgehead atoms. The van der Waals surface area contributed by atoms with Gasteiger partial charge in [-0.25, -0.2) is 14.8 Å². The second-order valence-electron chi connectivity index (χ2n) is 5.63. The van der Waals surface area contributed by atoms with Crippen LogP contribution in [0.5, 0.6) is 0 Å². The summed E-state index contributed by atoms with van der Waals surface area (Å²) in [6.45, 7) is 4.83. The van der Waals surface area contributed by atoms with Crippen LogP contribution in [0.1, 0.15) is 61.5 Å². The number of rotatable bonds is 7. The molecule has 0 aliphatic heterocycles. The third kappa shape index (κ3) is 4.69. The first-order valence-corrected chi connectivity index (χ1v) is 7.95. The number of carbonyl (C=O) groups excluding carboxylic acids is 1. The zero-order valence-corrected chi connectivity index (χ0v) is 13.0. The Morgan fingerprint density at radius 1 is 1.43 bits per heavy atom. The number of ether oxygens (including phenoxy) is 1. The maximum atomic E-state index is 11.7. The normalized spacial score (nSPS) is 15.1. The molecule has 0 spiro atoms. The number of anilines is 1. The van der Waals surface area contributed by atoms with Gasteiger partial charge in [-0.2, -0.15) is 0 Å². The number of nitrogens with one attached hydrogen (secondary N) is 1. The van der Waals surface area contributed by atoms with E-state index in [0.717, 1.165) is 18.9 Å². The van der Waals surface area contributed by atoms with Gasteiger partial charge in [0.1, 0.15) is 0 Å². The first kappa shape index (κ1) is 15.7. The van der Waals surface area contributed by atoms with Crippen molar-refractivity contribution in [3.8, 4) is 0 Å². The maximum absolute atomic E-state index is 11.7. The van der Waals surface area contributed by atoms with Crippen molar-refractivity contribution < 1.29 is 9.53 Å². The van der Waals surface area contributed by atoms with Gasteiger partial charge in [0, 0.05) is 12.7 Å². The van der Waals surface area contributed by atoms with Gasteiger partial charge in [-0.1, -0.05) is 25.7 Å². The van der Waals surface area contributed by atoms with Crippen molar-refractivity contribution in [1.29, 1.82) is 0 Å². The highest BCUT2D eigenvalue weighted by atomic mass is 16.5. The molecule has 0 unspecified atom stereocenters. The van der Waals surface area contributed by atoms with Crippen LogP contribution in [0.15, 0.2) is 6.20 Å². The van der Waals surface area contributed by atoms with Crippen LogP contribution in [0.2, 0.25) is 0 Å². The largest absolute Gasteiger partial charge is 0.462 e. The summed E-state index contributed by atoms with van der Waals surface area (Å²) in [7, 11) is 0. The monoisotopic (exact) mass is 291 g/mol. The minimum Gasteiger partial charge on any atom is -0.462 e. The van der Waals surface area contributed by atoms with Gasteiger partial charge in [0.25, 0.3) is 0 Å². The van der Waals surface area contributed by atoms with E-state index in [2.05, 4.69) is 15.3 Å². The number of aryl methyl sites for hydroxylation is 1. The van der Waals surface area contributed by atoms with Crippen molar-refractivity contribution in [2.75, 3.05) is 18.5 Å². The SMILES string of the molecule is CCOC(=O)c1cnc(NCCCC2CCCC2)nc1C. The number of esters is 1. The summed E-state index contributed by atoms with van der Waals surface area (Å²) in [6, 6.07) is 0. The van der Waals surface area contributed by atoms with E-state index in [-0.39, 0.29) is 5.97 Å². The highest BCUT2D eigenvalue weighted by Gasteiger charge is 2.14. The fourth-order valence-corrected chi connectivity index (χ4v) is 2.85. The lowest BCUT2D eigenvalue weighted by molar-refractivity contribution is 0.0524. The van der Waals surface area contributed by atoms with Crippen LogP contribution in [0.3, 0.4) is 0 Å².